The Balaban J connectivity index is 2.38. The van der Waals surface area contributed by atoms with Crippen molar-refractivity contribution < 1.29 is 14.6 Å². The van der Waals surface area contributed by atoms with E-state index in [0.717, 1.165) is 17.7 Å². The summed E-state index contributed by atoms with van der Waals surface area (Å²) in [5.74, 6) is 0.730. The number of carbonyl (C=O) groups excluding carboxylic acids is 1. The van der Waals surface area contributed by atoms with Crippen molar-refractivity contribution in [2.24, 2.45) is 0 Å². The summed E-state index contributed by atoms with van der Waals surface area (Å²) in [4.78, 5) is 11.6. The Hall–Kier alpha value is -1.55. The van der Waals surface area contributed by atoms with Crippen molar-refractivity contribution in [3.05, 3.63) is 29.3 Å². The average molecular weight is 265 g/mol. The highest BCUT2D eigenvalue weighted by molar-refractivity contribution is 5.76. The van der Waals surface area contributed by atoms with E-state index in [1.54, 1.807) is 0 Å². The predicted molar refractivity (Wildman–Crippen MR) is 75.3 cm³/mol. The number of aliphatic hydroxyl groups excluding tert-OH is 1. The fourth-order valence-electron chi connectivity index (χ4n) is 1.71. The SMILES string of the molecule is CC[C@@H](CO)NC(=O)CCOc1cccc(C)c1C. The number of hydrogen-bond donors (Lipinski definition) is 2. The topological polar surface area (TPSA) is 58.6 Å². The van der Waals surface area contributed by atoms with Crippen LogP contribution >= 0.6 is 0 Å². The van der Waals surface area contributed by atoms with E-state index in [4.69, 9.17) is 9.84 Å². The first-order valence-electron chi connectivity index (χ1n) is 6.67. The minimum absolute atomic E-state index is 0.0277. The summed E-state index contributed by atoms with van der Waals surface area (Å²) in [6.07, 6.45) is 1.02. The number of benzene rings is 1. The molecule has 0 saturated carbocycles. The molecule has 1 aromatic carbocycles. The van der Waals surface area contributed by atoms with Crippen molar-refractivity contribution in [3.8, 4) is 5.75 Å². The van der Waals surface area contributed by atoms with Crippen molar-refractivity contribution in [2.45, 2.75) is 39.7 Å². The van der Waals surface area contributed by atoms with E-state index >= 15 is 0 Å². The Morgan fingerprint density at radius 1 is 1.42 bits per heavy atom. The first-order chi connectivity index (χ1) is 9.08. The van der Waals surface area contributed by atoms with Crippen LogP contribution in [0.3, 0.4) is 0 Å². The third-order valence-corrected chi connectivity index (χ3v) is 3.22. The summed E-state index contributed by atoms with van der Waals surface area (Å²) < 4.78 is 5.61. The Bertz CT molecular complexity index is 414. The van der Waals surface area contributed by atoms with E-state index in [1.165, 1.54) is 5.56 Å². The van der Waals surface area contributed by atoms with Gasteiger partial charge in [0.25, 0.3) is 0 Å². The summed E-state index contributed by atoms with van der Waals surface area (Å²) in [5.41, 5.74) is 2.28. The molecule has 0 aromatic heterocycles. The first kappa shape index (κ1) is 15.5. The van der Waals surface area contributed by atoms with Crippen molar-refractivity contribution in [3.63, 3.8) is 0 Å². The lowest BCUT2D eigenvalue weighted by Crippen LogP contribution is -2.37. The molecule has 0 radical (unpaired) electrons. The lowest BCUT2D eigenvalue weighted by Gasteiger charge is -2.14. The lowest BCUT2D eigenvalue weighted by atomic mass is 10.1. The Kier molecular flexibility index (Phi) is 6.36. The smallest absolute Gasteiger partial charge is 0.223 e. The molecule has 1 aromatic rings. The van der Waals surface area contributed by atoms with E-state index in [0.29, 0.717) is 13.0 Å². The number of aryl methyl sites for hydroxylation is 1. The molecule has 106 valence electrons. The van der Waals surface area contributed by atoms with Gasteiger partial charge in [0.05, 0.1) is 25.7 Å². The Labute approximate surface area is 114 Å². The molecular weight excluding hydrogens is 242 g/mol. The highest BCUT2D eigenvalue weighted by Gasteiger charge is 2.09. The second-order valence-corrected chi connectivity index (χ2v) is 4.65. The van der Waals surface area contributed by atoms with Crippen molar-refractivity contribution in [2.75, 3.05) is 13.2 Å². The Morgan fingerprint density at radius 2 is 2.16 bits per heavy atom. The lowest BCUT2D eigenvalue weighted by molar-refractivity contribution is -0.122. The van der Waals surface area contributed by atoms with Crippen LogP contribution in [0.1, 0.15) is 30.9 Å². The van der Waals surface area contributed by atoms with Crippen molar-refractivity contribution in [1.29, 1.82) is 0 Å². The van der Waals surface area contributed by atoms with Crippen LogP contribution in [0, 0.1) is 13.8 Å². The van der Waals surface area contributed by atoms with Gasteiger partial charge < -0.3 is 15.2 Å². The number of aliphatic hydroxyl groups is 1. The highest BCUT2D eigenvalue weighted by atomic mass is 16.5. The normalized spacial score (nSPS) is 12.0. The molecule has 0 heterocycles. The second kappa shape index (κ2) is 7.79. The third kappa shape index (κ3) is 4.91. The van der Waals surface area contributed by atoms with E-state index in [2.05, 4.69) is 5.32 Å². The number of rotatable bonds is 7. The fourth-order valence-corrected chi connectivity index (χ4v) is 1.71. The van der Waals surface area contributed by atoms with Gasteiger partial charge in [-0.3, -0.25) is 4.79 Å². The molecule has 1 atom stereocenters. The number of nitrogens with one attached hydrogen (secondary N) is 1. The van der Waals surface area contributed by atoms with E-state index in [-0.39, 0.29) is 18.6 Å². The first-order valence-corrected chi connectivity index (χ1v) is 6.67. The molecular formula is C15H23NO3. The van der Waals surface area contributed by atoms with Gasteiger partial charge in [-0.05, 0) is 37.5 Å². The summed E-state index contributed by atoms with van der Waals surface area (Å²) in [6.45, 7) is 6.28. The quantitative estimate of drug-likeness (QED) is 0.792. The van der Waals surface area contributed by atoms with Gasteiger partial charge in [0, 0.05) is 0 Å². The molecule has 1 amide bonds. The molecule has 4 nitrogen and oxygen atoms in total. The maximum Gasteiger partial charge on any atom is 0.223 e. The standard InChI is InChI=1S/C15H23NO3/c1-4-13(10-17)16-15(18)8-9-19-14-7-5-6-11(2)12(14)3/h5-7,13,17H,4,8-10H2,1-3H3,(H,16,18)/t13-/m0/s1. The van der Waals surface area contributed by atoms with Gasteiger partial charge in [-0.2, -0.15) is 0 Å². The molecule has 19 heavy (non-hydrogen) atoms. The van der Waals surface area contributed by atoms with Crippen LogP contribution < -0.4 is 10.1 Å². The molecule has 0 spiro atoms. The monoisotopic (exact) mass is 265 g/mol. The van der Waals surface area contributed by atoms with Crippen LogP contribution in [0.4, 0.5) is 0 Å². The summed E-state index contributed by atoms with van der Waals surface area (Å²) in [6, 6.07) is 5.72. The van der Waals surface area contributed by atoms with Gasteiger partial charge in [0.15, 0.2) is 0 Å². The summed E-state index contributed by atoms with van der Waals surface area (Å²) in [5, 5.41) is 11.8. The minimum atomic E-state index is -0.159. The largest absolute Gasteiger partial charge is 0.493 e. The molecule has 0 aliphatic rings. The number of ether oxygens (including phenoxy) is 1. The molecule has 4 heteroatoms. The summed E-state index contributed by atoms with van der Waals surface area (Å²) in [7, 11) is 0. The van der Waals surface area contributed by atoms with Gasteiger partial charge in [-0.15, -0.1) is 0 Å². The fraction of sp³-hybridized carbons (Fsp3) is 0.533. The van der Waals surface area contributed by atoms with Gasteiger partial charge in [-0.25, -0.2) is 0 Å². The maximum absolute atomic E-state index is 11.6. The molecule has 2 N–H and O–H groups in total. The minimum Gasteiger partial charge on any atom is -0.493 e. The molecule has 0 aliphatic heterocycles. The summed E-state index contributed by atoms with van der Waals surface area (Å²) >= 11 is 0. The zero-order valence-corrected chi connectivity index (χ0v) is 11.9. The predicted octanol–water partition coefficient (Wildman–Crippen LogP) is 1.96. The molecule has 0 bridgehead atoms. The number of hydrogen-bond acceptors (Lipinski definition) is 3. The van der Waals surface area contributed by atoms with Crippen molar-refractivity contribution in [1.82, 2.24) is 5.32 Å². The third-order valence-electron chi connectivity index (χ3n) is 3.22. The van der Waals surface area contributed by atoms with E-state index < -0.39 is 0 Å². The van der Waals surface area contributed by atoms with Gasteiger partial charge in [-0.1, -0.05) is 19.1 Å². The van der Waals surface area contributed by atoms with Gasteiger partial charge >= 0.3 is 0 Å². The van der Waals surface area contributed by atoms with E-state index in [9.17, 15) is 4.79 Å². The van der Waals surface area contributed by atoms with Gasteiger partial charge in [0.1, 0.15) is 5.75 Å². The highest BCUT2D eigenvalue weighted by Crippen LogP contribution is 2.20. The van der Waals surface area contributed by atoms with Crippen LogP contribution in [0.15, 0.2) is 18.2 Å². The van der Waals surface area contributed by atoms with Crippen molar-refractivity contribution >= 4 is 5.91 Å². The van der Waals surface area contributed by atoms with Crippen LogP contribution in [0.2, 0.25) is 0 Å². The van der Waals surface area contributed by atoms with Crippen LogP contribution in [0.25, 0.3) is 0 Å². The van der Waals surface area contributed by atoms with Crippen LogP contribution in [-0.4, -0.2) is 30.3 Å². The maximum atomic E-state index is 11.6. The van der Waals surface area contributed by atoms with Crippen LogP contribution in [-0.2, 0) is 4.79 Å². The molecule has 0 aliphatic carbocycles. The number of carbonyl (C=O) groups is 1. The average Bonchev–Trinajstić information content (AvgIpc) is 2.41. The van der Waals surface area contributed by atoms with Gasteiger partial charge in [0.2, 0.25) is 5.91 Å². The van der Waals surface area contributed by atoms with E-state index in [1.807, 2.05) is 39.0 Å². The molecule has 0 saturated heterocycles. The molecule has 0 fully saturated rings. The number of amides is 1. The molecule has 0 unspecified atom stereocenters. The van der Waals surface area contributed by atoms with Crippen LogP contribution in [0.5, 0.6) is 5.75 Å². The zero-order valence-electron chi connectivity index (χ0n) is 11.9. The Morgan fingerprint density at radius 3 is 2.79 bits per heavy atom. The second-order valence-electron chi connectivity index (χ2n) is 4.65. The molecule has 1 rings (SSSR count). The zero-order chi connectivity index (χ0) is 14.3.